The third-order valence-electron chi connectivity index (χ3n) is 5.56. The molecule has 0 aliphatic carbocycles. The van der Waals surface area contributed by atoms with Crippen molar-refractivity contribution in [3.05, 3.63) is 89.2 Å². The number of hydrogen-bond donors (Lipinski definition) is 1. The van der Waals surface area contributed by atoms with Crippen molar-refractivity contribution in [3.63, 3.8) is 0 Å². The number of nitrogens with zero attached hydrogens (tertiary/aromatic N) is 2. The molecule has 4 aromatic rings. The zero-order valence-corrected chi connectivity index (χ0v) is 19.3. The molecular formula is C27H27N3O3. The molecule has 0 spiro atoms. The van der Waals surface area contributed by atoms with Crippen LogP contribution < -0.4 is 14.9 Å². The first-order valence-corrected chi connectivity index (χ1v) is 10.8. The molecule has 0 aliphatic heterocycles. The van der Waals surface area contributed by atoms with Crippen molar-refractivity contribution in [1.82, 2.24) is 9.99 Å². The van der Waals surface area contributed by atoms with Gasteiger partial charge in [-0.15, -0.1) is 0 Å². The summed E-state index contributed by atoms with van der Waals surface area (Å²) in [6.45, 7) is 6.67. The average molecular weight is 442 g/mol. The molecule has 168 valence electrons. The Kier molecular flexibility index (Phi) is 6.45. The number of amides is 1. The van der Waals surface area contributed by atoms with Crippen LogP contribution in [0.4, 0.5) is 0 Å². The van der Waals surface area contributed by atoms with Gasteiger partial charge in [0.1, 0.15) is 11.5 Å². The van der Waals surface area contributed by atoms with Gasteiger partial charge < -0.3 is 14.0 Å². The van der Waals surface area contributed by atoms with Gasteiger partial charge in [0, 0.05) is 22.6 Å². The van der Waals surface area contributed by atoms with E-state index in [2.05, 4.69) is 15.1 Å². The summed E-state index contributed by atoms with van der Waals surface area (Å²) in [5, 5.41) is 6.18. The van der Waals surface area contributed by atoms with Crippen molar-refractivity contribution >= 4 is 22.9 Å². The second-order valence-electron chi connectivity index (χ2n) is 7.69. The molecule has 0 saturated heterocycles. The summed E-state index contributed by atoms with van der Waals surface area (Å²) in [6.07, 6.45) is 1.67. The van der Waals surface area contributed by atoms with Crippen LogP contribution in [0.3, 0.4) is 0 Å². The van der Waals surface area contributed by atoms with E-state index in [-0.39, 0.29) is 5.91 Å². The van der Waals surface area contributed by atoms with Crippen LogP contribution in [-0.2, 0) is 0 Å². The molecule has 3 aromatic carbocycles. The number of methoxy groups -OCH3 is 1. The Morgan fingerprint density at radius 2 is 1.73 bits per heavy atom. The lowest BCUT2D eigenvalue weighted by molar-refractivity contribution is 0.0952. The topological polar surface area (TPSA) is 64.8 Å². The van der Waals surface area contributed by atoms with Gasteiger partial charge in [-0.3, -0.25) is 4.79 Å². The van der Waals surface area contributed by atoms with Crippen molar-refractivity contribution in [2.24, 2.45) is 5.10 Å². The summed E-state index contributed by atoms with van der Waals surface area (Å²) in [7, 11) is 1.56. The van der Waals surface area contributed by atoms with Crippen LogP contribution in [0.25, 0.3) is 16.5 Å². The Morgan fingerprint density at radius 1 is 1.03 bits per heavy atom. The summed E-state index contributed by atoms with van der Waals surface area (Å²) in [5.74, 6) is 1.03. The van der Waals surface area contributed by atoms with E-state index in [1.54, 1.807) is 13.3 Å². The van der Waals surface area contributed by atoms with Crippen LogP contribution in [0, 0.1) is 13.8 Å². The van der Waals surface area contributed by atoms with Crippen molar-refractivity contribution in [3.8, 4) is 17.2 Å². The Hall–Kier alpha value is -4.06. The van der Waals surface area contributed by atoms with Crippen LogP contribution >= 0.6 is 0 Å². The number of rotatable bonds is 7. The molecule has 0 bridgehead atoms. The molecular weight excluding hydrogens is 414 g/mol. The fourth-order valence-electron chi connectivity index (χ4n) is 3.96. The van der Waals surface area contributed by atoms with Gasteiger partial charge in [-0.1, -0.05) is 24.3 Å². The number of carbonyl (C=O) groups excluding carboxylic acids is 1. The van der Waals surface area contributed by atoms with E-state index in [1.807, 2.05) is 87.5 Å². The van der Waals surface area contributed by atoms with E-state index in [4.69, 9.17) is 9.47 Å². The maximum absolute atomic E-state index is 12.8. The zero-order chi connectivity index (χ0) is 23.4. The van der Waals surface area contributed by atoms with E-state index in [1.165, 1.54) is 0 Å². The molecule has 0 unspecified atom stereocenters. The van der Waals surface area contributed by atoms with Gasteiger partial charge in [0.15, 0.2) is 0 Å². The van der Waals surface area contributed by atoms with E-state index >= 15 is 0 Å². The van der Waals surface area contributed by atoms with Gasteiger partial charge in [0.2, 0.25) is 0 Å². The summed E-state index contributed by atoms with van der Waals surface area (Å²) in [5.41, 5.74) is 7.13. The number of hydrogen-bond acceptors (Lipinski definition) is 4. The minimum absolute atomic E-state index is 0.325. The van der Waals surface area contributed by atoms with E-state index < -0.39 is 0 Å². The number of aryl methyl sites for hydroxylation is 1. The van der Waals surface area contributed by atoms with Crippen molar-refractivity contribution < 1.29 is 14.3 Å². The van der Waals surface area contributed by atoms with Gasteiger partial charge in [0.25, 0.3) is 5.91 Å². The third kappa shape index (κ3) is 4.60. The Morgan fingerprint density at radius 3 is 2.39 bits per heavy atom. The molecule has 1 aromatic heterocycles. The first-order chi connectivity index (χ1) is 16.0. The standard InChI is InChI=1S/C27H27N3O3/c1-5-33-24-12-10-23(11-13-24)30-18(2)14-22(19(30)3)17-28-29-27(31)25-15-20-8-6-7-9-21(20)16-26(25)32-4/h6-17H,5H2,1-4H3,(H,29,31). The lowest BCUT2D eigenvalue weighted by Gasteiger charge is -2.11. The second kappa shape index (κ2) is 9.61. The molecule has 0 aliphatic rings. The number of nitrogens with one attached hydrogen (secondary N) is 1. The second-order valence-corrected chi connectivity index (χ2v) is 7.69. The fourth-order valence-corrected chi connectivity index (χ4v) is 3.96. The third-order valence-corrected chi connectivity index (χ3v) is 5.56. The summed E-state index contributed by atoms with van der Waals surface area (Å²) < 4.78 is 13.1. The number of hydrazone groups is 1. The molecule has 1 heterocycles. The van der Waals surface area contributed by atoms with Gasteiger partial charge in [-0.2, -0.15) is 5.10 Å². The molecule has 6 heteroatoms. The van der Waals surface area contributed by atoms with Gasteiger partial charge in [0.05, 0.1) is 25.5 Å². The van der Waals surface area contributed by atoms with Gasteiger partial charge in [-0.25, -0.2) is 5.43 Å². The molecule has 0 saturated carbocycles. The first-order valence-electron chi connectivity index (χ1n) is 10.8. The highest BCUT2D eigenvalue weighted by Crippen LogP contribution is 2.26. The quantitative estimate of drug-likeness (QED) is 0.308. The predicted molar refractivity (Wildman–Crippen MR) is 132 cm³/mol. The highest BCUT2D eigenvalue weighted by atomic mass is 16.5. The van der Waals surface area contributed by atoms with Crippen LogP contribution in [0.2, 0.25) is 0 Å². The zero-order valence-electron chi connectivity index (χ0n) is 19.3. The van der Waals surface area contributed by atoms with Crippen molar-refractivity contribution in [2.45, 2.75) is 20.8 Å². The monoisotopic (exact) mass is 441 g/mol. The summed E-state index contributed by atoms with van der Waals surface area (Å²) in [4.78, 5) is 12.8. The van der Waals surface area contributed by atoms with Crippen LogP contribution in [0.15, 0.2) is 71.8 Å². The molecule has 0 atom stereocenters. The predicted octanol–water partition coefficient (Wildman–Crippen LogP) is 5.42. The highest BCUT2D eigenvalue weighted by molar-refractivity contribution is 6.02. The van der Waals surface area contributed by atoms with Gasteiger partial charge in [-0.05, 0) is 74.0 Å². The molecule has 0 radical (unpaired) electrons. The normalized spacial score (nSPS) is 11.2. The lowest BCUT2D eigenvalue weighted by Crippen LogP contribution is -2.18. The summed E-state index contributed by atoms with van der Waals surface area (Å²) >= 11 is 0. The highest BCUT2D eigenvalue weighted by Gasteiger charge is 2.14. The van der Waals surface area contributed by atoms with E-state index in [0.717, 1.165) is 39.2 Å². The number of ether oxygens (including phenoxy) is 2. The maximum Gasteiger partial charge on any atom is 0.275 e. The lowest BCUT2D eigenvalue weighted by atomic mass is 10.1. The fraction of sp³-hybridized carbons (Fsp3) is 0.185. The molecule has 0 fully saturated rings. The number of aromatic nitrogens is 1. The minimum Gasteiger partial charge on any atom is -0.496 e. The number of fused-ring (bicyclic) bond motifs is 1. The Balaban J connectivity index is 1.54. The molecule has 1 amide bonds. The van der Waals surface area contributed by atoms with E-state index in [0.29, 0.717) is 17.9 Å². The molecule has 33 heavy (non-hydrogen) atoms. The maximum atomic E-state index is 12.8. The van der Waals surface area contributed by atoms with Gasteiger partial charge >= 0.3 is 0 Å². The average Bonchev–Trinajstić information content (AvgIpc) is 3.11. The largest absolute Gasteiger partial charge is 0.496 e. The Labute approximate surface area is 193 Å². The molecule has 6 nitrogen and oxygen atoms in total. The van der Waals surface area contributed by atoms with Crippen LogP contribution in [-0.4, -0.2) is 30.4 Å². The van der Waals surface area contributed by atoms with Crippen LogP contribution in [0.5, 0.6) is 11.5 Å². The van der Waals surface area contributed by atoms with Crippen LogP contribution in [0.1, 0.15) is 34.2 Å². The molecule has 1 N–H and O–H groups in total. The smallest absolute Gasteiger partial charge is 0.275 e. The van der Waals surface area contributed by atoms with Crippen molar-refractivity contribution in [2.75, 3.05) is 13.7 Å². The minimum atomic E-state index is -0.325. The van der Waals surface area contributed by atoms with E-state index in [9.17, 15) is 4.79 Å². The SMILES string of the molecule is CCOc1ccc(-n2c(C)cc(C=NNC(=O)c3cc4ccccc4cc3OC)c2C)cc1. The van der Waals surface area contributed by atoms with Crippen molar-refractivity contribution in [1.29, 1.82) is 0 Å². The molecule has 4 rings (SSSR count). The number of carbonyl (C=O) groups is 1. The Bertz CT molecular complexity index is 1320. The summed E-state index contributed by atoms with van der Waals surface area (Å²) in [6, 6.07) is 21.5. The number of benzene rings is 3. The first kappa shape index (κ1) is 22.1.